The van der Waals surface area contributed by atoms with Crippen molar-refractivity contribution in [1.82, 2.24) is 9.62 Å². The van der Waals surface area contributed by atoms with Gasteiger partial charge < -0.3 is 5.32 Å². The van der Waals surface area contributed by atoms with E-state index in [1.807, 2.05) is 36.4 Å². The Bertz CT molecular complexity index is 817. The van der Waals surface area contributed by atoms with Crippen molar-refractivity contribution < 1.29 is 8.42 Å². The highest BCUT2D eigenvalue weighted by atomic mass is 32.2. The Morgan fingerprint density at radius 2 is 1.67 bits per heavy atom. The van der Waals surface area contributed by atoms with Gasteiger partial charge in [-0.2, -0.15) is 4.31 Å². The summed E-state index contributed by atoms with van der Waals surface area (Å²) in [5, 5.41) is 5.39. The van der Waals surface area contributed by atoms with Gasteiger partial charge in [0.2, 0.25) is 10.0 Å². The third-order valence-corrected chi connectivity index (χ3v) is 7.17. The van der Waals surface area contributed by atoms with Crippen LogP contribution in [0.15, 0.2) is 47.4 Å². The standard InChI is InChI=1S/C19H24N2O2S/c22-24(23,19-7-3-5-16-4-1-2-6-18(16)19)21-12-10-17(11-13-21)20-14-15-8-9-15/h1-7,15,17,20H,8-14H2. The van der Waals surface area contributed by atoms with E-state index in [1.165, 1.54) is 12.8 Å². The highest BCUT2D eigenvalue weighted by Crippen LogP contribution is 2.29. The molecule has 0 unspecified atom stereocenters. The highest BCUT2D eigenvalue weighted by molar-refractivity contribution is 7.89. The maximum Gasteiger partial charge on any atom is 0.243 e. The summed E-state index contributed by atoms with van der Waals surface area (Å²) in [6.07, 6.45) is 4.50. The van der Waals surface area contributed by atoms with E-state index in [-0.39, 0.29) is 0 Å². The second-order valence-corrected chi connectivity index (χ2v) is 8.91. The molecule has 4 rings (SSSR count). The van der Waals surface area contributed by atoms with Gasteiger partial charge in [0.15, 0.2) is 0 Å². The molecule has 1 heterocycles. The molecule has 0 amide bonds. The number of rotatable bonds is 5. The van der Waals surface area contributed by atoms with Crippen LogP contribution in [0.2, 0.25) is 0 Å². The van der Waals surface area contributed by atoms with Gasteiger partial charge in [-0.3, -0.25) is 0 Å². The molecule has 1 saturated carbocycles. The van der Waals surface area contributed by atoms with Crippen LogP contribution in [0, 0.1) is 5.92 Å². The van der Waals surface area contributed by atoms with Crippen LogP contribution in [0.5, 0.6) is 0 Å². The van der Waals surface area contributed by atoms with E-state index in [4.69, 9.17) is 0 Å². The Morgan fingerprint density at radius 3 is 2.42 bits per heavy atom. The van der Waals surface area contributed by atoms with Crippen LogP contribution in [0.3, 0.4) is 0 Å². The van der Waals surface area contributed by atoms with Crippen LogP contribution >= 0.6 is 0 Å². The predicted molar refractivity (Wildman–Crippen MR) is 96.5 cm³/mol. The largest absolute Gasteiger partial charge is 0.314 e. The molecule has 0 aromatic heterocycles. The second-order valence-electron chi connectivity index (χ2n) is 7.01. The molecule has 24 heavy (non-hydrogen) atoms. The molecule has 0 spiro atoms. The number of piperidine rings is 1. The fourth-order valence-electron chi connectivity index (χ4n) is 3.52. The monoisotopic (exact) mass is 344 g/mol. The van der Waals surface area contributed by atoms with Gasteiger partial charge in [-0.25, -0.2) is 8.42 Å². The first-order chi connectivity index (χ1) is 11.6. The molecule has 5 heteroatoms. The zero-order valence-electron chi connectivity index (χ0n) is 13.8. The third kappa shape index (κ3) is 3.21. The molecule has 0 atom stereocenters. The Kier molecular flexibility index (Phi) is 4.33. The van der Waals surface area contributed by atoms with Crippen molar-refractivity contribution in [3.05, 3.63) is 42.5 Å². The van der Waals surface area contributed by atoms with E-state index in [2.05, 4.69) is 5.32 Å². The lowest BCUT2D eigenvalue weighted by Gasteiger charge is -2.32. The molecule has 0 radical (unpaired) electrons. The topological polar surface area (TPSA) is 49.4 Å². The SMILES string of the molecule is O=S(=O)(c1cccc2ccccc12)N1CCC(NCC2CC2)CC1. The molecule has 2 aromatic rings. The molecule has 1 aliphatic carbocycles. The summed E-state index contributed by atoms with van der Waals surface area (Å²) in [4.78, 5) is 0.435. The van der Waals surface area contributed by atoms with Gasteiger partial charge >= 0.3 is 0 Å². The molecule has 2 aliphatic rings. The summed E-state index contributed by atoms with van der Waals surface area (Å²) in [6.45, 7) is 2.31. The summed E-state index contributed by atoms with van der Waals surface area (Å²) in [5.41, 5.74) is 0. The first-order valence-corrected chi connectivity index (χ1v) is 10.3. The zero-order valence-corrected chi connectivity index (χ0v) is 14.6. The summed E-state index contributed by atoms with van der Waals surface area (Å²) in [6, 6.07) is 13.7. The molecule has 2 fully saturated rings. The number of hydrogen-bond acceptors (Lipinski definition) is 3. The number of nitrogens with one attached hydrogen (secondary N) is 1. The van der Waals surface area contributed by atoms with Gasteiger partial charge in [0.1, 0.15) is 0 Å². The molecule has 2 aromatic carbocycles. The van der Waals surface area contributed by atoms with Crippen molar-refractivity contribution in [2.75, 3.05) is 19.6 Å². The van der Waals surface area contributed by atoms with E-state index in [1.54, 1.807) is 10.4 Å². The van der Waals surface area contributed by atoms with Crippen molar-refractivity contribution in [3.8, 4) is 0 Å². The minimum Gasteiger partial charge on any atom is -0.314 e. The van der Waals surface area contributed by atoms with Crippen LogP contribution in [-0.4, -0.2) is 38.4 Å². The van der Waals surface area contributed by atoms with Crippen LogP contribution < -0.4 is 5.32 Å². The molecule has 0 bridgehead atoms. The van der Waals surface area contributed by atoms with Crippen molar-refractivity contribution in [2.45, 2.75) is 36.6 Å². The van der Waals surface area contributed by atoms with Crippen LogP contribution in [0.4, 0.5) is 0 Å². The van der Waals surface area contributed by atoms with Crippen molar-refractivity contribution in [2.24, 2.45) is 5.92 Å². The zero-order chi connectivity index (χ0) is 16.6. The number of benzene rings is 2. The van der Waals surface area contributed by atoms with Gasteiger partial charge in [-0.15, -0.1) is 0 Å². The molecule has 1 N–H and O–H groups in total. The minimum atomic E-state index is -3.43. The Hall–Kier alpha value is -1.43. The Morgan fingerprint density at radius 1 is 0.958 bits per heavy atom. The fourth-order valence-corrected chi connectivity index (χ4v) is 5.20. The first-order valence-electron chi connectivity index (χ1n) is 8.86. The number of sulfonamides is 1. The van der Waals surface area contributed by atoms with Gasteiger partial charge in [0, 0.05) is 24.5 Å². The summed E-state index contributed by atoms with van der Waals surface area (Å²) >= 11 is 0. The van der Waals surface area contributed by atoms with E-state index < -0.39 is 10.0 Å². The van der Waals surface area contributed by atoms with Crippen LogP contribution in [0.25, 0.3) is 10.8 Å². The average Bonchev–Trinajstić information content (AvgIpc) is 3.44. The molecule has 128 valence electrons. The van der Waals surface area contributed by atoms with Gasteiger partial charge in [-0.05, 0) is 49.6 Å². The van der Waals surface area contributed by atoms with E-state index in [9.17, 15) is 8.42 Å². The van der Waals surface area contributed by atoms with Crippen molar-refractivity contribution in [3.63, 3.8) is 0 Å². The number of nitrogens with zero attached hydrogens (tertiary/aromatic N) is 1. The average molecular weight is 344 g/mol. The maximum absolute atomic E-state index is 13.1. The van der Waals surface area contributed by atoms with E-state index in [0.29, 0.717) is 24.0 Å². The molecule has 1 saturated heterocycles. The van der Waals surface area contributed by atoms with E-state index in [0.717, 1.165) is 36.1 Å². The molecule has 4 nitrogen and oxygen atoms in total. The summed E-state index contributed by atoms with van der Waals surface area (Å²) in [5.74, 6) is 0.863. The van der Waals surface area contributed by atoms with Crippen LogP contribution in [-0.2, 0) is 10.0 Å². The quantitative estimate of drug-likeness (QED) is 0.907. The number of hydrogen-bond donors (Lipinski definition) is 1. The van der Waals surface area contributed by atoms with Gasteiger partial charge in [0.25, 0.3) is 0 Å². The van der Waals surface area contributed by atoms with Gasteiger partial charge in [-0.1, -0.05) is 36.4 Å². The van der Waals surface area contributed by atoms with Crippen molar-refractivity contribution >= 4 is 20.8 Å². The second kappa shape index (κ2) is 6.47. The normalized spacial score (nSPS) is 20.5. The lowest BCUT2D eigenvalue weighted by Crippen LogP contribution is -2.45. The lowest BCUT2D eigenvalue weighted by molar-refractivity contribution is 0.288. The smallest absolute Gasteiger partial charge is 0.243 e. The molecular weight excluding hydrogens is 320 g/mol. The fraction of sp³-hybridized carbons (Fsp3) is 0.474. The highest BCUT2D eigenvalue weighted by Gasteiger charge is 2.31. The molecule has 1 aliphatic heterocycles. The maximum atomic E-state index is 13.1. The summed E-state index contributed by atoms with van der Waals surface area (Å²) in [7, 11) is -3.43. The van der Waals surface area contributed by atoms with Gasteiger partial charge in [0.05, 0.1) is 4.90 Å². The molecular formula is C19H24N2O2S. The summed E-state index contributed by atoms with van der Waals surface area (Å²) < 4.78 is 27.8. The number of fused-ring (bicyclic) bond motifs is 1. The first kappa shape index (κ1) is 16.1. The van der Waals surface area contributed by atoms with Crippen molar-refractivity contribution in [1.29, 1.82) is 0 Å². The predicted octanol–water partition coefficient (Wildman–Crippen LogP) is 2.99. The third-order valence-electron chi connectivity index (χ3n) is 5.21. The Balaban J connectivity index is 1.50. The van der Waals surface area contributed by atoms with E-state index >= 15 is 0 Å². The Labute approximate surface area is 143 Å². The minimum absolute atomic E-state index is 0.435. The lowest BCUT2D eigenvalue weighted by atomic mass is 10.1. The van der Waals surface area contributed by atoms with Crippen LogP contribution in [0.1, 0.15) is 25.7 Å².